The molecule has 0 spiro atoms. The van der Waals surface area contributed by atoms with Crippen molar-refractivity contribution in [3.05, 3.63) is 61.2 Å². The van der Waals surface area contributed by atoms with E-state index in [9.17, 15) is 0 Å². The molecule has 0 atom stereocenters. The predicted molar refractivity (Wildman–Crippen MR) is 89.3 cm³/mol. The molecule has 0 fully saturated rings. The highest BCUT2D eigenvalue weighted by Gasteiger charge is 1.87. The van der Waals surface area contributed by atoms with Gasteiger partial charge in [0.2, 0.25) is 20.8 Å². The number of rotatable bonds is 2. The summed E-state index contributed by atoms with van der Waals surface area (Å²) in [7, 11) is -9.83. The summed E-state index contributed by atoms with van der Waals surface area (Å²) in [5, 5.41) is 0. The standard InChI is InChI=1S/2C7H10N.2H2O4S/c2*1-2-8-6-4-3-5-7-8;2*1-5(2,3)4/h2*3-7H,2H2,1H3;2*(H2,1,2,3,4)/q2*+1;;/p-2. The molecule has 0 aromatic carbocycles. The first-order chi connectivity index (χ1) is 11.9. The van der Waals surface area contributed by atoms with Crippen molar-refractivity contribution in [1.29, 1.82) is 0 Å². The monoisotopic (exact) mass is 410 g/mol. The van der Waals surface area contributed by atoms with Crippen molar-refractivity contribution in [2.24, 2.45) is 0 Å². The molecule has 0 radical (unpaired) electrons. The lowest BCUT2D eigenvalue weighted by atomic mass is 10.5. The lowest BCUT2D eigenvalue weighted by Gasteiger charge is -1.88. The average molecular weight is 410 g/mol. The fraction of sp³-hybridized carbons (Fsp3) is 0.286. The van der Waals surface area contributed by atoms with Gasteiger partial charge >= 0.3 is 0 Å². The molecule has 2 N–H and O–H groups in total. The highest BCUT2D eigenvalue weighted by Crippen LogP contribution is 1.75. The van der Waals surface area contributed by atoms with Gasteiger partial charge in [-0.15, -0.1) is 0 Å². The average Bonchev–Trinajstić information content (AvgIpc) is 2.54. The summed E-state index contributed by atoms with van der Waals surface area (Å²) in [5.41, 5.74) is 0. The van der Waals surface area contributed by atoms with E-state index in [0.29, 0.717) is 0 Å². The maximum atomic E-state index is 8.63. The smallest absolute Gasteiger partial charge is 0.215 e. The minimum absolute atomic E-state index is 1.06. The van der Waals surface area contributed by atoms with Crippen molar-refractivity contribution < 1.29 is 44.2 Å². The Morgan fingerprint density at radius 2 is 0.846 bits per heavy atom. The van der Waals surface area contributed by atoms with Crippen LogP contribution in [-0.4, -0.2) is 35.0 Å². The fourth-order valence-corrected chi connectivity index (χ4v) is 1.29. The minimum atomic E-state index is -4.92. The number of aromatic nitrogens is 2. The Bertz CT molecular complexity index is 697. The van der Waals surface area contributed by atoms with Crippen LogP contribution in [0.25, 0.3) is 0 Å². The number of pyridine rings is 2. The van der Waals surface area contributed by atoms with Gasteiger partial charge in [0, 0.05) is 24.3 Å². The van der Waals surface area contributed by atoms with E-state index in [1.165, 1.54) is 0 Å². The number of hydrogen-bond donors (Lipinski definition) is 2. The summed E-state index contributed by atoms with van der Waals surface area (Å²) in [6.07, 6.45) is 8.22. The highest BCUT2D eigenvalue weighted by molar-refractivity contribution is 7.80. The molecule has 0 aliphatic heterocycles. The van der Waals surface area contributed by atoms with Crippen LogP contribution in [0.5, 0.6) is 0 Å². The summed E-state index contributed by atoms with van der Waals surface area (Å²) < 4.78 is 69.9. The zero-order chi connectivity index (χ0) is 20.6. The third-order valence-corrected chi connectivity index (χ3v) is 2.28. The van der Waals surface area contributed by atoms with Crippen LogP contribution < -0.4 is 9.13 Å². The third-order valence-electron chi connectivity index (χ3n) is 2.28. The van der Waals surface area contributed by atoms with Gasteiger partial charge in [0.15, 0.2) is 24.8 Å². The fourth-order valence-electron chi connectivity index (χ4n) is 1.29. The normalized spacial score (nSPS) is 10.1. The van der Waals surface area contributed by atoms with E-state index in [4.69, 9.17) is 35.0 Å². The van der Waals surface area contributed by atoms with Crippen LogP contribution in [-0.2, 0) is 33.9 Å². The van der Waals surface area contributed by atoms with E-state index in [0.717, 1.165) is 13.1 Å². The Morgan fingerprint density at radius 1 is 0.654 bits per heavy atom. The van der Waals surface area contributed by atoms with Gasteiger partial charge in [0.1, 0.15) is 13.1 Å². The van der Waals surface area contributed by atoms with Crippen LogP contribution in [0.1, 0.15) is 13.8 Å². The second-order valence-electron chi connectivity index (χ2n) is 4.27. The molecule has 2 aromatic rings. The second-order valence-corrected chi connectivity index (χ2v) is 5.98. The molecule has 0 saturated carbocycles. The molecular weight excluding hydrogens is 388 g/mol. The first-order valence-corrected chi connectivity index (χ1v) is 9.84. The molecule has 10 nitrogen and oxygen atoms in total. The van der Waals surface area contributed by atoms with Crippen LogP contribution >= 0.6 is 0 Å². The van der Waals surface area contributed by atoms with Crippen LogP contribution in [0.3, 0.4) is 0 Å². The van der Waals surface area contributed by atoms with Gasteiger partial charge in [0.25, 0.3) is 0 Å². The van der Waals surface area contributed by atoms with E-state index >= 15 is 0 Å². The molecule has 0 unspecified atom stereocenters. The topological polar surface area (TPSA) is 163 Å². The van der Waals surface area contributed by atoms with Crippen LogP contribution in [0.15, 0.2) is 61.2 Å². The van der Waals surface area contributed by atoms with Gasteiger partial charge < -0.3 is 9.11 Å². The van der Waals surface area contributed by atoms with Crippen LogP contribution in [0, 0.1) is 0 Å². The first-order valence-electron chi connectivity index (χ1n) is 7.11. The van der Waals surface area contributed by atoms with Crippen LogP contribution in [0.4, 0.5) is 0 Å². The molecule has 26 heavy (non-hydrogen) atoms. The predicted octanol–water partition coefficient (Wildman–Crippen LogP) is -0.00280. The Labute approximate surface area is 153 Å². The Hall–Kier alpha value is -1.96. The molecule has 0 bridgehead atoms. The maximum Gasteiger partial charge on any atom is 0.215 e. The van der Waals surface area contributed by atoms with E-state index in [2.05, 4.69) is 47.8 Å². The summed E-state index contributed by atoms with van der Waals surface area (Å²) in [6, 6.07) is 12.2. The molecular formula is C14H22N2O8S2. The minimum Gasteiger partial charge on any atom is -0.726 e. The molecule has 148 valence electrons. The Kier molecular flexibility index (Phi) is 14.4. The lowest BCUT2D eigenvalue weighted by molar-refractivity contribution is -0.693. The molecule has 0 amide bonds. The van der Waals surface area contributed by atoms with Gasteiger partial charge in [-0.2, -0.15) is 0 Å². The number of nitrogens with zero attached hydrogens (tertiary/aromatic N) is 2. The molecule has 12 heteroatoms. The zero-order valence-corrected chi connectivity index (χ0v) is 15.9. The quantitative estimate of drug-likeness (QED) is 0.397. The van der Waals surface area contributed by atoms with Crippen molar-refractivity contribution in [2.75, 3.05) is 0 Å². The van der Waals surface area contributed by atoms with Crippen molar-refractivity contribution in [1.82, 2.24) is 0 Å². The summed E-state index contributed by atoms with van der Waals surface area (Å²) >= 11 is 0. The molecule has 0 saturated heterocycles. The van der Waals surface area contributed by atoms with E-state index in [1.54, 1.807) is 0 Å². The van der Waals surface area contributed by atoms with E-state index in [1.807, 2.05) is 36.4 Å². The first kappa shape index (κ1) is 26.3. The molecule has 2 heterocycles. The van der Waals surface area contributed by atoms with Crippen LogP contribution in [0.2, 0.25) is 0 Å². The highest BCUT2D eigenvalue weighted by atomic mass is 32.3. The Morgan fingerprint density at radius 3 is 0.962 bits per heavy atom. The van der Waals surface area contributed by atoms with E-state index < -0.39 is 20.8 Å². The molecule has 0 aliphatic rings. The van der Waals surface area contributed by atoms with Crippen molar-refractivity contribution >= 4 is 20.8 Å². The number of hydrogen-bond acceptors (Lipinski definition) is 6. The zero-order valence-electron chi connectivity index (χ0n) is 14.2. The molecule has 2 aromatic heterocycles. The maximum absolute atomic E-state index is 8.63. The van der Waals surface area contributed by atoms with Crippen molar-refractivity contribution in [2.45, 2.75) is 26.9 Å². The van der Waals surface area contributed by atoms with Gasteiger partial charge in [0.05, 0.1) is 0 Å². The summed E-state index contributed by atoms with van der Waals surface area (Å²) in [6.45, 7) is 6.36. The van der Waals surface area contributed by atoms with Gasteiger partial charge in [-0.05, 0) is 13.8 Å². The largest absolute Gasteiger partial charge is 0.726 e. The van der Waals surface area contributed by atoms with Gasteiger partial charge in [-0.1, -0.05) is 12.1 Å². The lowest BCUT2D eigenvalue weighted by Crippen LogP contribution is -2.30. The van der Waals surface area contributed by atoms with Crippen molar-refractivity contribution in [3.63, 3.8) is 0 Å². The van der Waals surface area contributed by atoms with Gasteiger partial charge in [-0.3, -0.25) is 9.11 Å². The van der Waals surface area contributed by atoms with Gasteiger partial charge in [-0.25, -0.2) is 26.0 Å². The van der Waals surface area contributed by atoms with E-state index in [-0.39, 0.29) is 0 Å². The third kappa shape index (κ3) is 30.0. The molecule has 0 aliphatic carbocycles. The molecule has 2 rings (SSSR count). The second kappa shape index (κ2) is 14.2. The SMILES string of the molecule is CC[n+]1ccccc1.CC[n+]1ccccc1.O=S(=O)([O-])O.O=S(=O)([O-])O. The van der Waals surface area contributed by atoms with Crippen molar-refractivity contribution in [3.8, 4) is 0 Å². The summed E-state index contributed by atoms with van der Waals surface area (Å²) in [4.78, 5) is 0. The number of aryl methyl sites for hydroxylation is 2. The Balaban J connectivity index is 0. The summed E-state index contributed by atoms with van der Waals surface area (Å²) in [5.74, 6) is 0.